The third-order valence-corrected chi connectivity index (χ3v) is 20.5. The van der Waals surface area contributed by atoms with Crippen molar-refractivity contribution in [2.45, 2.75) is 7.43 Å². The Hall–Kier alpha value is -10.2. The van der Waals surface area contributed by atoms with Gasteiger partial charge in [-0.25, -0.2) is 9.97 Å². The molecule has 435 valence electrons. The fourth-order valence-electron chi connectivity index (χ4n) is 12.8. The molecule has 18 aromatic rings. The second-order valence-corrected chi connectivity index (χ2v) is 25.1. The lowest BCUT2D eigenvalue weighted by molar-refractivity contribution is 0.426. The van der Waals surface area contributed by atoms with E-state index in [-0.39, 0.29) is 15.8 Å². The van der Waals surface area contributed by atoms with E-state index in [0.717, 1.165) is 76.9 Å². The van der Waals surface area contributed by atoms with Crippen LogP contribution in [0.15, 0.2) is 296 Å². The lowest BCUT2D eigenvalue weighted by Gasteiger charge is -2.13. The number of hydrogen-bond donors (Lipinski definition) is 2. The SMILES string of the molecule is Brc1cccc2c1sc1c(-c3ccccc3)cccc12.C.OB(O)c1ccc(-c2ccc3ccc4cccnc4c3n2)c2ccccc12.[B].c1ccc(-c2cccc3c2sc2c(-c4ccc(-c5ccc6ccc7cccnc7c6n5)c5ccccc45)cccc23)cc1. The summed E-state index contributed by atoms with van der Waals surface area (Å²) in [5, 5.41) is 33.1. The van der Waals surface area contributed by atoms with E-state index in [0.29, 0.717) is 5.46 Å². The number of aromatic nitrogens is 4. The number of benzene rings is 12. The average Bonchev–Trinajstić information content (AvgIpc) is 1.41. The maximum atomic E-state index is 9.67. The molecule has 0 saturated heterocycles. The Balaban J connectivity index is 0.000000129. The van der Waals surface area contributed by atoms with Gasteiger partial charge in [0.25, 0.3) is 0 Å². The summed E-state index contributed by atoms with van der Waals surface area (Å²) < 4.78 is 6.51. The maximum Gasteiger partial charge on any atom is 0.489 e. The first kappa shape index (κ1) is 59.4. The predicted molar refractivity (Wildman–Crippen MR) is 399 cm³/mol. The minimum absolute atomic E-state index is 0. The smallest absolute Gasteiger partial charge is 0.423 e. The molecule has 3 radical (unpaired) electrons. The van der Waals surface area contributed by atoms with Crippen LogP contribution in [0.3, 0.4) is 0 Å². The summed E-state index contributed by atoms with van der Waals surface area (Å²) in [6, 6.07) is 97.0. The Morgan fingerprint density at radius 3 is 1.17 bits per heavy atom. The van der Waals surface area contributed by atoms with Crippen LogP contribution in [0.25, 0.3) is 161 Å². The van der Waals surface area contributed by atoms with Crippen molar-refractivity contribution in [2.75, 3.05) is 0 Å². The van der Waals surface area contributed by atoms with Crippen LogP contribution in [0, 0.1) is 0 Å². The number of pyridine rings is 4. The molecule has 11 heteroatoms. The van der Waals surface area contributed by atoms with Gasteiger partial charge in [-0.05, 0) is 101 Å². The molecule has 6 heterocycles. The highest BCUT2D eigenvalue weighted by molar-refractivity contribution is 9.10. The number of rotatable bonds is 6. The standard InChI is InChI=1S/C40H24N2S.C22H15BN2O2.C18H11BrS.CH4.B/c1-2-9-25(10-3-1)28-14-6-16-34-35-17-7-15-33(40(35)43-39(28)34)31-21-22-32(30-13-5-4-12-29(30)31)36-23-20-27-19-18-26-11-8-24-41-37(26)38(27)42-36;26-23(27)19-11-10-18(16-5-1-2-6-17(16)19)20-12-9-15-8-7-14-4-3-13-24-21(14)22(15)25-20;19-16-11-5-10-15-14-9-4-8-13(17(14)20-18(15)16)12-6-2-1-3-7-12;;/h1-24H;1-13,26-27H;1-11H;1H4;. The number of hydrogen-bond acceptors (Lipinski definition) is 8. The van der Waals surface area contributed by atoms with Crippen LogP contribution in [0.1, 0.15) is 7.43 Å². The number of nitrogens with zero attached hydrogens (tertiary/aromatic N) is 4. The van der Waals surface area contributed by atoms with Gasteiger partial charge >= 0.3 is 7.12 Å². The molecule has 0 saturated carbocycles. The highest BCUT2D eigenvalue weighted by Gasteiger charge is 2.20. The third-order valence-electron chi connectivity index (χ3n) is 17.0. The number of thiophene rings is 2. The van der Waals surface area contributed by atoms with Crippen molar-refractivity contribution in [1.29, 1.82) is 0 Å². The van der Waals surface area contributed by atoms with Crippen molar-refractivity contribution in [3.05, 3.63) is 296 Å². The van der Waals surface area contributed by atoms with Crippen molar-refractivity contribution in [3.8, 4) is 55.9 Å². The molecule has 0 amide bonds. The fraction of sp³-hybridized carbons (Fsp3) is 0.0123. The molecule has 0 aliphatic rings. The van der Waals surface area contributed by atoms with Crippen molar-refractivity contribution in [1.82, 2.24) is 19.9 Å². The molecule has 0 atom stereocenters. The van der Waals surface area contributed by atoms with Gasteiger partial charge in [0, 0.05) is 104 Å². The normalized spacial score (nSPS) is 11.2. The number of fused-ring (bicyclic) bond motifs is 14. The molecule has 6 nitrogen and oxygen atoms in total. The third kappa shape index (κ3) is 10.6. The average molecular weight is 1280 g/mol. The molecule has 18 rings (SSSR count). The molecule has 0 fully saturated rings. The van der Waals surface area contributed by atoms with Crippen LogP contribution in [-0.4, -0.2) is 45.5 Å². The van der Waals surface area contributed by atoms with Gasteiger partial charge < -0.3 is 10.0 Å². The van der Waals surface area contributed by atoms with E-state index in [1.165, 1.54) is 89.0 Å². The summed E-state index contributed by atoms with van der Waals surface area (Å²) in [5.41, 5.74) is 15.6. The Labute approximate surface area is 550 Å². The Morgan fingerprint density at radius 1 is 0.293 bits per heavy atom. The molecule has 0 spiro atoms. The summed E-state index contributed by atoms with van der Waals surface area (Å²) in [6.07, 6.45) is 3.63. The summed E-state index contributed by atoms with van der Waals surface area (Å²) in [4.78, 5) is 19.3. The Kier molecular flexibility index (Phi) is 16.3. The number of halogens is 1. The first-order chi connectivity index (χ1) is 44.4. The van der Waals surface area contributed by atoms with E-state index in [1.807, 2.05) is 83.5 Å². The molecular formula is C81H54B2BrN4O2S2. The van der Waals surface area contributed by atoms with Crippen molar-refractivity contribution >= 4 is 165 Å². The minimum atomic E-state index is -1.51. The minimum Gasteiger partial charge on any atom is -0.423 e. The monoisotopic (exact) mass is 1280 g/mol. The zero-order chi connectivity index (χ0) is 60.2. The fourth-order valence-corrected chi connectivity index (χ4v) is 16.0. The molecule has 0 aliphatic carbocycles. The quantitative estimate of drug-likeness (QED) is 0.127. The van der Waals surface area contributed by atoms with Crippen LogP contribution >= 0.6 is 38.6 Å². The molecule has 0 unspecified atom stereocenters. The van der Waals surface area contributed by atoms with E-state index in [1.54, 1.807) is 12.3 Å². The van der Waals surface area contributed by atoms with Gasteiger partial charge in [0.1, 0.15) is 0 Å². The van der Waals surface area contributed by atoms with Crippen LogP contribution < -0.4 is 5.46 Å². The van der Waals surface area contributed by atoms with Gasteiger partial charge in [-0.2, -0.15) is 0 Å². The lowest BCUT2D eigenvalue weighted by Crippen LogP contribution is -2.30. The van der Waals surface area contributed by atoms with E-state index in [9.17, 15) is 10.0 Å². The second kappa shape index (κ2) is 25.2. The second-order valence-electron chi connectivity index (χ2n) is 22.2. The predicted octanol–water partition coefficient (Wildman–Crippen LogP) is 21.3. The highest BCUT2D eigenvalue weighted by Crippen LogP contribution is 2.47. The largest absolute Gasteiger partial charge is 0.489 e. The summed E-state index contributed by atoms with van der Waals surface area (Å²) in [6.45, 7) is 0. The molecule has 92 heavy (non-hydrogen) atoms. The Morgan fingerprint density at radius 2 is 0.663 bits per heavy atom. The zero-order valence-corrected chi connectivity index (χ0v) is 52.0. The maximum absolute atomic E-state index is 9.67. The summed E-state index contributed by atoms with van der Waals surface area (Å²) in [7, 11) is -1.51. The van der Waals surface area contributed by atoms with Gasteiger partial charge in [-0.15, -0.1) is 22.7 Å². The molecule has 6 aromatic heterocycles. The molecular weight excluding hydrogens is 1230 g/mol. The molecule has 2 N–H and O–H groups in total. The van der Waals surface area contributed by atoms with E-state index < -0.39 is 7.12 Å². The molecule has 12 aromatic carbocycles. The van der Waals surface area contributed by atoms with Crippen LogP contribution in [0.2, 0.25) is 0 Å². The van der Waals surface area contributed by atoms with E-state index in [4.69, 9.17) is 9.97 Å². The summed E-state index contributed by atoms with van der Waals surface area (Å²) in [5.74, 6) is 0. The van der Waals surface area contributed by atoms with Gasteiger partial charge in [-0.1, -0.05) is 256 Å². The zero-order valence-electron chi connectivity index (χ0n) is 48.7. The van der Waals surface area contributed by atoms with Gasteiger partial charge in [0.2, 0.25) is 0 Å². The topological polar surface area (TPSA) is 92.0 Å². The van der Waals surface area contributed by atoms with Gasteiger partial charge in [-0.3, -0.25) is 9.97 Å². The van der Waals surface area contributed by atoms with Crippen LogP contribution in [0.5, 0.6) is 0 Å². The molecule has 0 bridgehead atoms. The molecule has 0 aliphatic heterocycles. The Bertz CT molecular complexity index is 5820. The van der Waals surface area contributed by atoms with E-state index >= 15 is 0 Å². The van der Waals surface area contributed by atoms with E-state index in [2.05, 4.69) is 244 Å². The van der Waals surface area contributed by atoms with Crippen LogP contribution in [-0.2, 0) is 0 Å². The highest BCUT2D eigenvalue weighted by atomic mass is 79.9. The van der Waals surface area contributed by atoms with Crippen LogP contribution in [0.4, 0.5) is 0 Å². The van der Waals surface area contributed by atoms with Gasteiger partial charge in [0.05, 0.1) is 33.5 Å². The van der Waals surface area contributed by atoms with Gasteiger partial charge in [0.15, 0.2) is 0 Å². The summed E-state index contributed by atoms with van der Waals surface area (Å²) >= 11 is 7.43. The first-order valence-electron chi connectivity index (χ1n) is 29.7. The first-order valence-corrected chi connectivity index (χ1v) is 32.2. The lowest BCUT2D eigenvalue weighted by atomic mass is 9.76. The van der Waals surface area contributed by atoms with Crippen molar-refractivity contribution < 1.29 is 10.0 Å². The van der Waals surface area contributed by atoms with Crippen molar-refractivity contribution in [2.24, 2.45) is 0 Å². The van der Waals surface area contributed by atoms with Crippen molar-refractivity contribution in [3.63, 3.8) is 0 Å².